The summed E-state index contributed by atoms with van der Waals surface area (Å²) >= 11 is 5.53. The van der Waals surface area contributed by atoms with Crippen molar-refractivity contribution in [2.45, 2.75) is 5.88 Å². The number of hydrogen-bond acceptors (Lipinski definition) is 1. The second-order valence-corrected chi connectivity index (χ2v) is 7.87. The summed E-state index contributed by atoms with van der Waals surface area (Å²) < 4.78 is 0. The Morgan fingerprint density at radius 2 is 0.968 bits per heavy atom. The minimum absolute atomic E-state index is 0.336. The molecule has 0 saturated heterocycles. The Labute approximate surface area is 186 Å². The zero-order valence-electron chi connectivity index (χ0n) is 16.9. The fourth-order valence-corrected chi connectivity index (χ4v) is 4.40. The highest BCUT2D eigenvalue weighted by Crippen LogP contribution is 2.36. The zero-order chi connectivity index (χ0) is 21.2. The van der Waals surface area contributed by atoms with Crippen molar-refractivity contribution in [3.8, 4) is 5.75 Å². The van der Waals surface area contributed by atoms with Gasteiger partial charge >= 0.3 is 0 Å². The van der Waals surface area contributed by atoms with Crippen LogP contribution in [0.3, 0.4) is 0 Å². The summed E-state index contributed by atoms with van der Waals surface area (Å²) in [4.78, 5) is 0. The first-order valence-corrected chi connectivity index (χ1v) is 10.8. The van der Waals surface area contributed by atoms with Gasteiger partial charge in [-0.1, -0.05) is 103 Å². The molecule has 6 aromatic carbocycles. The average Bonchev–Trinajstić information content (AvgIpc) is 2.84. The van der Waals surface area contributed by atoms with E-state index < -0.39 is 0 Å². The first-order chi connectivity index (χ1) is 15.3. The van der Waals surface area contributed by atoms with Gasteiger partial charge in [-0.3, -0.25) is 0 Å². The van der Waals surface area contributed by atoms with E-state index in [9.17, 15) is 5.11 Å². The Hall–Kier alpha value is -3.55. The molecular formula is C29H21ClO. The lowest BCUT2D eigenvalue weighted by Gasteiger charge is -2.10. The molecule has 2 heteroatoms. The highest BCUT2D eigenvalue weighted by Gasteiger charge is 2.08. The van der Waals surface area contributed by atoms with E-state index in [0.29, 0.717) is 11.6 Å². The van der Waals surface area contributed by atoms with E-state index in [-0.39, 0.29) is 0 Å². The van der Waals surface area contributed by atoms with E-state index in [4.69, 9.17) is 11.6 Å². The Kier molecular flexibility index (Phi) is 5.19. The van der Waals surface area contributed by atoms with Crippen LogP contribution < -0.4 is 0 Å². The fourth-order valence-electron chi connectivity index (χ4n) is 4.22. The second kappa shape index (κ2) is 8.29. The summed E-state index contributed by atoms with van der Waals surface area (Å²) in [7, 11) is 0. The van der Waals surface area contributed by atoms with E-state index in [2.05, 4.69) is 60.7 Å². The number of hydrogen-bond donors (Lipinski definition) is 1. The third kappa shape index (κ3) is 3.58. The first-order valence-electron chi connectivity index (χ1n) is 10.3. The zero-order valence-corrected chi connectivity index (χ0v) is 17.7. The third-order valence-electron chi connectivity index (χ3n) is 5.75. The van der Waals surface area contributed by atoms with Gasteiger partial charge in [-0.05, 0) is 49.3 Å². The number of phenols is 1. The Bertz CT molecular complexity index is 1520. The smallest absolute Gasteiger partial charge is 0.123 e. The molecule has 0 atom stereocenters. The number of benzene rings is 6. The highest BCUT2D eigenvalue weighted by molar-refractivity contribution is 6.22. The maximum atomic E-state index is 10.1. The quantitative estimate of drug-likeness (QED) is 0.209. The monoisotopic (exact) mass is 420 g/mol. The number of halogens is 1. The van der Waals surface area contributed by atoms with E-state index in [1.807, 2.05) is 42.5 Å². The van der Waals surface area contributed by atoms with Crippen molar-refractivity contribution < 1.29 is 5.11 Å². The number of phenolic OH excluding ortho intramolecular Hbond substituents is 1. The van der Waals surface area contributed by atoms with Crippen LogP contribution in [0, 0.1) is 0 Å². The Balaban J connectivity index is 0.000000217. The van der Waals surface area contributed by atoms with Gasteiger partial charge in [-0.2, -0.15) is 0 Å². The lowest BCUT2D eigenvalue weighted by molar-refractivity contribution is 0.481. The van der Waals surface area contributed by atoms with Crippen LogP contribution >= 0.6 is 11.6 Å². The van der Waals surface area contributed by atoms with Gasteiger partial charge in [-0.25, -0.2) is 0 Å². The van der Waals surface area contributed by atoms with Gasteiger partial charge in [-0.15, -0.1) is 11.6 Å². The molecule has 6 rings (SSSR count). The standard InChI is InChI=1S/C22H14O.C7H7Cl/c23-22-7-3-6-16-19-11-10-17-15-5-2-1-4-14(15)8-9-18(17)20(19)12-13-21(16)22;8-6-7-4-2-1-3-5-7/h1-13,23H;1-5H,6H2. The summed E-state index contributed by atoms with van der Waals surface area (Å²) in [6.07, 6.45) is 0. The van der Waals surface area contributed by atoms with Crippen molar-refractivity contribution in [1.29, 1.82) is 0 Å². The molecular weight excluding hydrogens is 400 g/mol. The Morgan fingerprint density at radius 3 is 1.65 bits per heavy atom. The minimum Gasteiger partial charge on any atom is -0.507 e. The fraction of sp³-hybridized carbons (Fsp3) is 0.0345. The van der Waals surface area contributed by atoms with Crippen molar-refractivity contribution in [2.24, 2.45) is 0 Å². The predicted molar refractivity (Wildman–Crippen MR) is 134 cm³/mol. The number of alkyl halides is 1. The first kappa shape index (κ1) is 19.4. The number of rotatable bonds is 1. The molecule has 0 aliphatic rings. The van der Waals surface area contributed by atoms with Crippen molar-refractivity contribution in [3.05, 3.63) is 115 Å². The topological polar surface area (TPSA) is 20.2 Å². The molecule has 0 aromatic heterocycles. The predicted octanol–water partition coefficient (Wildman–Crippen LogP) is 8.43. The van der Waals surface area contributed by atoms with Crippen LogP contribution in [0.15, 0.2) is 109 Å². The van der Waals surface area contributed by atoms with E-state index in [1.165, 1.54) is 37.9 Å². The van der Waals surface area contributed by atoms with Gasteiger partial charge < -0.3 is 5.11 Å². The molecule has 0 aliphatic heterocycles. The van der Waals surface area contributed by atoms with Crippen molar-refractivity contribution in [3.63, 3.8) is 0 Å². The van der Waals surface area contributed by atoms with Gasteiger partial charge in [0.1, 0.15) is 5.75 Å². The molecule has 6 aromatic rings. The average molecular weight is 421 g/mol. The van der Waals surface area contributed by atoms with Gasteiger partial charge in [0, 0.05) is 11.3 Å². The molecule has 0 spiro atoms. The van der Waals surface area contributed by atoms with E-state index >= 15 is 0 Å². The SMILES string of the molecule is ClCc1ccccc1.Oc1cccc2c1ccc1c2ccc2c3ccccc3ccc21. The molecule has 0 amide bonds. The molecule has 1 nitrogen and oxygen atoms in total. The van der Waals surface area contributed by atoms with Crippen LogP contribution in [0.1, 0.15) is 5.56 Å². The third-order valence-corrected chi connectivity index (χ3v) is 6.06. The number of fused-ring (bicyclic) bond motifs is 7. The van der Waals surface area contributed by atoms with E-state index in [0.717, 1.165) is 10.8 Å². The summed E-state index contributed by atoms with van der Waals surface area (Å²) in [5.74, 6) is 0.948. The van der Waals surface area contributed by atoms with Gasteiger partial charge in [0.25, 0.3) is 0 Å². The molecule has 0 saturated carbocycles. The summed E-state index contributed by atoms with van der Waals surface area (Å²) in [5, 5.41) is 19.6. The van der Waals surface area contributed by atoms with Gasteiger partial charge in [0.15, 0.2) is 0 Å². The highest BCUT2D eigenvalue weighted by atomic mass is 35.5. The molecule has 150 valence electrons. The molecule has 0 aliphatic carbocycles. The summed E-state index contributed by atoms with van der Waals surface area (Å²) in [6, 6.07) is 37.1. The summed E-state index contributed by atoms with van der Waals surface area (Å²) in [5.41, 5.74) is 1.18. The Morgan fingerprint density at radius 1 is 0.452 bits per heavy atom. The van der Waals surface area contributed by atoms with Gasteiger partial charge in [0.05, 0.1) is 0 Å². The molecule has 0 bridgehead atoms. The summed E-state index contributed by atoms with van der Waals surface area (Å²) in [6.45, 7) is 0. The van der Waals surface area contributed by atoms with E-state index in [1.54, 1.807) is 6.07 Å². The van der Waals surface area contributed by atoms with Crippen LogP contribution in [-0.4, -0.2) is 5.11 Å². The molecule has 31 heavy (non-hydrogen) atoms. The maximum absolute atomic E-state index is 10.1. The molecule has 0 heterocycles. The lowest BCUT2D eigenvalue weighted by Crippen LogP contribution is -1.83. The van der Waals surface area contributed by atoms with Crippen molar-refractivity contribution in [1.82, 2.24) is 0 Å². The molecule has 0 fully saturated rings. The lowest BCUT2D eigenvalue weighted by atomic mass is 9.94. The molecule has 1 N–H and O–H groups in total. The van der Waals surface area contributed by atoms with Crippen LogP contribution in [0.2, 0.25) is 0 Å². The van der Waals surface area contributed by atoms with Gasteiger partial charge in [0.2, 0.25) is 0 Å². The second-order valence-electron chi connectivity index (χ2n) is 7.60. The number of aromatic hydroxyl groups is 1. The van der Waals surface area contributed by atoms with Crippen molar-refractivity contribution in [2.75, 3.05) is 0 Å². The largest absolute Gasteiger partial charge is 0.507 e. The van der Waals surface area contributed by atoms with Crippen LogP contribution in [0.5, 0.6) is 5.75 Å². The molecule has 0 unspecified atom stereocenters. The minimum atomic E-state index is 0.336. The van der Waals surface area contributed by atoms with Crippen LogP contribution in [0.4, 0.5) is 0 Å². The van der Waals surface area contributed by atoms with Crippen LogP contribution in [0.25, 0.3) is 43.1 Å². The molecule has 0 radical (unpaired) electrons. The van der Waals surface area contributed by atoms with Crippen LogP contribution in [-0.2, 0) is 5.88 Å². The maximum Gasteiger partial charge on any atom is 0.123 e. The van der Waals surface area contributed by atoms with Crippen molar-refractivity contribution >= 4 is 54.7 Å². The normalized spacial score (nSPS) is 11.0.